The molecule has 218 valence electrons. The second-order valence-corrected chi connectivity index (χ2v) is 8.74. The highest BCUT2D eigenvalue weighted by molar-refractivity contribution is 6.24. The van der Waals surface area contributed by atoms with Crippen molar-refractivity contribution < 1.29 is 42.9 Å². The van der Waals surface area contributed by atoms with Crippen LogP contribution in [-0.2, 0) is 39.7 Å². The molecule has 1 saturated heterocycles. The molecule has 1 atom stereocenters. The van der Waals surface area contributed by atoms with Gasteiger partial charge in [-0.1, -0.05) is 12.1 Å². The number of nitrogens with one attached hydrogen (secondary N) is 1. The van der Waals surface area contributed by atoms with Gasteiger partial charge in [-0.3, -0.25) is 29.4 Å². The van der Waals surface area contributed by atoms with Crippen LogP contribution < -0.4 is 11.1 Å². The number of nitrogens with two attached hydrogens (primary N) is 1. The lowest BCUT2D eigenvalue weighted by Crippen LogP contribution is -2.54. The number of aryl methyl sites for hydroxylation is 1. The smallest absolute Gasteiger partial charge is 0.262 e. The zero-order chi connectivity index (χ0) is 27.2. The lowest BCUT2D eigenvalue weighted by Gasteiger charge is -2.27. The van der Waals surface area contributed by atoms with Crippen LogP contribution in [0, 0.1) is 0 Å². The summed E-state index contributed by atoms with van der Waals surface area (Å²) < 4.78 is 27.1. The van der Waals surface area contributed by atoms with E-state index in [1.165, 1.54) is 0 Å². The number of nitrogens with zero attached hydrogens (tertiary/aromatic N) is 1. The van der Waals surface area contributed by atoms with E-state index in [9.17, 15) is 19.2 Å². The fourth-order valence-corrected chi connectivity index (χ4v) is 4.22. The first-order chi connectivity index (χ1) is 18.5. The maximum atomic E-state index is 13.1. The van der Waals surface area contributed by atoms with Crippen molar-refractivity contribution in [3.63, 3.8) is 0 Å². The molecule has 12 nitrogen and oxygen atoms in total. The Morgan fingerprint density at radius 3 is 1.92 bits per heavy atom. The van der Waals surface area contributed by atoms with Crippen molar-refractivity contribution >= 4 is 36.0 Å². The molecule has 1 fully saturated rings. The van der Waals surface area contributed by atoms with Crippen molar-refractivity contribution in [2.45, 2.75) is 31.7 Å². The Kier molecular flexibility index (Phi) is 15.1. The second kappa shape index (κ2) is 18.0. The molecule has 2 aliphatic heterocycles. The summed E-state index contributed by atoms with van der Waals surface area (Å²) in [6.45, 7) is 5.31. The zero-order valence-electron chi connectivity index (χ0n) is 22.0. The standard InChI is InChI=1S/C26H37N3O9.ClH/c27-8-10-35-12-14-37-16-18-38-17-15-36-13-11-34-9-2-4-19-3-1-5-20-23(19)26(33)29(25(20)32)21-6-7-22(30)28-24(21)31;/h1,3,5,21H,2,4,6-18,27H2,(H,28,30,31);1H. The number of carbonyl (C=O) groups is 4. The zero-order valence-corrected chi connectivity index (χ0v) is 22.8. The largest absolute Gasteiger partial charge is 0.379 e. The third kappa shape index (κ3) is 9.91. The van der Waals surface area contributed by atoms with E-state index in [1.807, 2.05) is 6.07 Å². The molecule has 0 radical (unpaired) electrons. The first-order valence-corrected chi connectivity index (χ1v) is 13.0. The van der Waals surface area contributed by atoms with Crippen molar-refractivity contribution in [1.82, 2.24) is 10.2 Å². The molecule has 0 saturated carbocycles. The number of carbonyl (C=O) groups excluding carboxylic acids is 4. The van der Waals surface area contributed by atoms with Gasteiger partial charge in [0.2, 0.25) is 11.8 Å². The van der Waals surface area contributed by atoms with Crippen LogP contribution >= 0.6 is 12.4 Å². The molecule has 0 aliphatic carbocycles. The van der Waals surface area contributed by atoms with E-state index in [-0.39, 0.29) is 30.8 Å². The lowest BCUT2D eigenvalue weighted by molar-refractivity contribution is -0.136. The molecule has 1 unspecified atom stereocenters. The van der Waals surface area contributed by atoms with Crippen molar-refractivity contribution in [3.05, 3.63) is 34.9 Å². The summed E-state index contributed by atoms with van der Waals surface area (Å²) in [6.07, 6.45) is 1.41. The van der Waals surface area contributed by atoms with Gasteiger partial charge in [0.1, 0.15) is 6.04 Å². The highest BCUT2D eigenvalue weighted by Gasteiger charge is 2.45. The third-order valence-electron chi connectivity index (χ3n) is 6.04. The quantitative estimate of drug-likeness (QED) is 0.177. The van der Waals surface area contributed by atoms with Gasteiger partial charge in [0.15, 0.2) is 0 Å². The Labute approximate surface area is 234 Å². The average Bonchev–Trinajstić information content (AvgIpc) is 3.16. The van der Waals surface area contributed by atoms with Gasteiger partial charge in [-0.15, -0.1) is 12.4 Å². The molecule has 1 aromatic carbocycles. The summed E-state index contributed by atoms with van der Waals surface area (Å²) >= 11 is 0. The highest BCUT2D eigenvalue weighted by atomic mass is 35.5. The summed E-state index contributed by atoms with van der Waals surface area (Å²) in [5, 5.41) is 2.21. The Morgan fingerprint density at radius 1 is 0.795 bits per heavy atom. The summed E-state index contributed by atoms with van der Waals surface area (Å²) in [6, 6.07) is 4.16. The fraction of sp³-hybridized carbons (Fsp3) is 0.615. The maximum Gasteiger partial charge on any atom is 0.262 e. The van der Waals surface area contributed by atoms with Gasteiger partial charge < -0.3 is 29.4 Å². The number of piperidine rings is 1. The first kappa shape index (κ1) is 32.8. The van der Waals surface area contributed by atoms with Gasteiger partial charge >= 0.3 is 0 Å². The number of ether oxygens (including phenoxy) is 5. The minimum Gasteiger partial charge on any atom is -0.379 e. The van der Waals surface area contributed by atoms with Crippen LogP contribution in [0.25, 0.3) is 0 Å². The first-order valence-electron chi connectivity index (χ1n) is 13.0. The Morgan fingerprint density at radius 2 is 1.36 bits per heavy atom. The van der Waals surface area contributed by atoms with Crippen LogP contribution in [0.5, 0.6) is 0 Å². The van der Waals surface area contributed by atoms with Gasteiger partial charge in [-0.2, -0.15) is 0 Å². The number of rotatable bonds is 19. The van der Waals surface area contributed by atoms with E-state index >= 15 is 0 Å². The summed E-state index contributed by atoms with van der Waals surface area (Å²) in [4.78, 5) is 50.7. The normalized spacial score (nSPS) is 16.8. The van der Waals surface area contributed by atoms with Crippen LogP contribution in [0.1, 0.15) is 45.5 Å². The molecule has 3 rings (SSSR count). The Bertz CT molecular complexity index is 963. The summed E-state index contributed by atoms with van der Waals surface area (Å²) in [5.41, 5.74) is 6.68. The fourth-order valence-electron chi connectivity index (χ4n) is 4.22. The molecule has 0 spiro atoms. The molecule has 13 heteroatoms. The van der Waals surface area contributed by atoms with E-state index < -0.39 is 29.7 Å². The van der Waals surface area contributed by atoms with Gasteiger partial charge in [-0.25, -0.2) is 0 Å². The molecule has 39 heavy (non-hydrogen) atoms. The van der Waals surface area contributed by atoms with E-state index in [0.29, 0.717) is 91.0 Å². The topological polar surface area (TPSA) is 156 Å². The van der Waals surface area contributed by atoms with Crippen LogP contribution in [0.2, 0.25) is 0 Å². The SMILES string of the molecule is Cl.NCCOCCOCCOCCOCCOCCCc1cccc2c1C(=O)N(C1CCC(=O)NC1=O)C2=O. The highest BCUT2D eigenvalue weighted by Crippen LogP contribution is 2.30. The minimum absolute atomic E-state index is 0. The molecule has 1 aromatic rings. The summed E-state index contributed by atoms with van der Waals surface area (Å²) in [5.74, 6) is -2.01. The number of benzene rings is 1. The number of hydrogen-bond donors (Lipinski definition) is 2. The lowest BCUT2D eigenvalue weighted by atomic mass is 9.99. The van der Waals surface area contributed by atoms with E-state index in [0.717, 1.165) is 10.5 Å². The average molecular weight is 572 g/mol. The van der Waals surface area contributed by atoms with Crippen LogP contribution in [0.4, 0.5) is 0 Å². The van der Waals surface area contributed by atoms with E-state index in [2.05, 4.69) is 5.32 Å². The number of amides is 4. The number of halogens is 1. The number of fused-ring (bicyclic) bond motifs is 1. The molecule has 2 heterocycles. The van der Waals surface area contributed by atoms with E-state index in [4.69, 9.17) is 29.4 Å². The van der Waals surface area contributed by atoms with Crippen molar-refractivity contribution in [3.8, 4) is 0 Å². The molecule has 0 aromatic heterocycles. The monoisotopic (exact) mass is 571 g/mol. The van der Waals surface area contributed by atoms with Gasteiger partial charge in [0, 0.05) is 19.6 Å². The molecular weight excluding hydrogens is 534 g/mol. The molecular formula is C26H38ClN3O9. The van der Waals surface area contributed by atoms with Crippen molar-refractivity contribution in [1.29, 1.82) is 0 Å². The molecule has 0 bridgehead atoms. The minimum atomic E-state index is -0.971. The predicted molar refractivity (Wildman–Crippen MR) is 142 cm³/mol. The van der Waals surface area contributed by atoms with Gasteiger partial charge in [0.05, 0.1) is 70.6 Å². The molecule has 4 amide bonds. The number of imide groups is 2. The second-order valence-electron chi connectivity index (χ2n) is 8.74. The predicted octanol–water partition coefficient (Wildman–Crippen LogP) is 0.484. The van der Waals surface area contributed by atoms with Crippen LogP contribution in [-0.4, -0.2) is 107 Å². The third-order valence-corrected chi connectivity index (χ3v) is 6.04. The Balaban J connectivity index is 0.00000533. The molecule has 2 aliphatic rings. The van der Waals surface area contributed by atoms with Crippen LogP contribution in [0.3, 0.4) is 0 Å². The van der Waals surface area contributed by atoms with Crippen LogP contribution in [0.15, 0.2) is 18.2 Å². The number of hydrogen-bond acceptors (Lipinski definition) is 10. The summed E-state index contributed by atoms with van der Waals surface area (Å²) in [7, 11) is 0. The Hall–Kier alpha value is -2.45. The van der Waals surface area contributed by atoms with Crippen molar-refractivity contribution in [2.75, 3.05) is 72.6 Å². The maximum absolute atomic E-state index is 13.1. The molecule has 3 N–H and O–H groups in total. The van der Waals surface area contributed by atoms with E-state index in [1.54, 1.807) is 12.1 Å². The van der Waals surface area contributed by atoms with Gasteiger partial charge in [0.25, 0.3) is 11.8 Å². The van der Waals surface area contributed by atoms with Gasteiger partial charge in [-0.05, 0) is 30.9 Å². The van der Waals surface area contributed by atoms with Crippen molar-refractivity contribution in [2.24, 2.45) is 5.73 Å².